The summed E-state index contributed by atoms with van der Waals surface area (Å²) in [7, 11) is 0. The first-order valence-corrected chi connectivity index (χ1v) is 6.03. The van der Waals surface area contributed by atoms with Crippen molar-refractivity contribution in [2.75, 3.05) is 13.2 Å². The maximum atomic E-state index is 5.70. The molecule has 2 heteroatoms. The van der Waals surface area contributed by atoms with Gasteiger partial charge in [0.25, 0.3) is 0 Å². The Bertz CT molecular complexity index is 141. The lowest BCUT2D eigenvalue weighted by Gasteiger charge is -2.18. The predicted molar refractivity (Wildman–Crippen MR) is 60.5 cm³/mol. The maximum Gasteiger partial charge on any atom is 0.0671 e. The fourth-order valence-corrected chi connectivity index (χ4v) is 1.88. The van der Waals surface area contributed by atoms with Gasteiger partial charge in [0, 0.05) is 19.2 Å². The molecule has 1 aliphatic rings. The van der Waals surface area contributed by atoms with Gasteiger partial charge in [-0.3, -0.25) is 0 Å². The van der Waals surface area contributed by atoms with E-state index in [0.717, 1.165) is 19.2 Å². The van der Waals surface area contributed by atoms with Crippen LogP contribution in [0.4, 0.5) is 0 Å². The van der Waals surface area contributed by atoms with E-state index in [4.69, 9.17) is 4.74 Å². The Morgan fingerprint density at radius 3 is 2.43 bits per heavy atom. The molecule has 0 aromatic carbocycles. The normalized spacial score (nSPS) is 20.6. The number of nitrogens with one attached hydrogen (secondary N) is 1. The summed E-state index contributed by atoms with van der Waals surface area (Å²) in [6.45, 7) is 8.43. The summed E-state index contributed by atoms with van der Waals surface area (Å²) in [5, 5.41) is 3.58. The average Bonchev–Trinajstić information content (AvgIpc) is 2.63. The van der Waals surface area contributed by atoms with E-state index in [1.165, 1.54) is 25.7 Å². The maximum absolute atomic E-state index is 5.70. The van der Waals surface area contributed by atoms with Gasteiger partial charge in [-0.1, -0.05) is 26.7 Å². The zero-order valence-corrected chi connectivity index (χ0v) is 9.88. The Balaban J connectivity index is 1.99. The number of hydrogen-bond acceptors (Lipinski definition) is 2. The molecule has 1 fully saturated rings. The van der Waals surface area contributed by atoms with Crippen LogP contribution in [-0.2, 0) is 4.74 Å². The van der Waals surface area contributed by atoms with Crippen LogP contribution in [0.5, 0.6) is 0 Å². The van der Waals surface area contributed by atoms with Crippen LogP contribution in [0.3, 0.4) is 0 Å². The van der Waals surface area contributed by atoms with Gasteiger partial charge in [-0.15, -0.1) is 0 Å². The van der Waals surface area contributed by atoms with Crippen molar-refractivity contribution in [3.63, 3.8) is 0 Å². The summed E-state index contributed by atoms with van der Waals surface area (Å²) >= 11 is 0. The van der Waals surface area contributed by atoms with E-state index in [2.05, 4.69) is 26.1 Å². The summed E-state index contributed by atoms with van der Waals surface area (Å²) in [6, 6.07) is 0.764. The molecule has 14 heavy (non-hydrogen) atoms. The molecule has 1 N–H and O–H groups in total. The molecule has 0 aromatic heterocycles. The summed E-state index contributed by atoms with van der Waals surface area (Å²) in [5.74, 6) is 0.643. The topological polar surface area (TPSA) is 21.3 Å². The zero-order valence-electron chi connectivity index (χ0n) is 9.88. The minimum absolute atomic E-state index is 0.359. The lowest BCUT2D eigenvalue weighted by molar-refractivity contribution is 0.0462. The Kier molecular flexibility index (Phi) is 5.49. The molecule has 0 saturated heterocycles. The third-order valence-electron chi connectivity index (χ3n) is 2.76. The molecular weight excluding hydrogens is 174 g/mol. The molecule has 0 radical (unpaired) electrons. The number of hydrogen-bond donors (Lipinski definition) is 1. The first-order chi connectivity index (χ1) is 6.68. The highest BCUT2D eigenvalue weighted by molar-refractivity contribution is 4.74. The molecule has 0 heterocycles. The third kappa shape index (κ3) is 4.97. The van der Waals surface area contributed by atoms with Crippen LogP contribution in [0.15, 0.2) is 0 Å². The molecule has 84 valence electrons. The lowest BCUT2D eigenvalue weighted by Crippen LogP contribution is -2.34. The highest BCUT2D eigenvalue weighted by Crippen LogP contribution is 2.17. The molecule has 0 aliphatic heterocycles. The molecular formula is C12H25NO. The van der Waals surface area contributed by atoms with Gasteiger partial charge in [0.15, 0.2) is 0 Å². The van der Waals surface area contributed by atoms with Crippen molar-refractivity contribution in [1.29, 1.82) is 0 Å². The van der Waals surface area contributed by atoms with Crippen molar-refractivity contribution in [2.24, 2.45) is 5.92 Å². The average molecular weight is 199 g/mol. The van der Waals surface area contributed by atoms with E-state index in [9.17, 15) is 0 Å². The minimum Gasteiger partial charge on any atom is -0.377 e. The van der Waals surface area contributed by atoms with Gasteiger partial charge in [0.1, 0.15) is 0 Å². The molecule has 2 nitrogen and oxygen atoms in total. The van der Waals surface area contributed by atoms with Gasteiger partial charge in [-0.25, -0.2) is 0 Å². The van der Waals surface area contributed by atoms with Gasteiger partial charge < -0.3 is 10.1 Å². The first kappa shape index (κ1) is 12.0. The summed E-state index contributed by atoms with van der Waals surface area (Å²) < 4.78 is 5.70. The quantitative estimate of drug-likeness (QED) is 0.710. The summed E-state index contributed by atoms with van der Waals surface area (Å²) in [4.78, 5) is 0. The highest BCUT2D eigenvalue weighted by atomic mass is 16.5. The lowest BCUT2D eigenvalue weighted by atomic mass is 10.2. The Labute approximate surface area is 88.4 Å². The largest absolute Gasteiger partial charge is 0.377 e. The van der Waals surface area contributed by atoms with Crippen molar-refractivity contribution in [2.45, 2.75) is 58.6 Å². The van der Waals surface area contributed by atoms with Crippen molar-refractivity contribution < 1.29 is 4.74 Å². The zero-order chi connectivity index (χ0) is 10.4. The third-order valence-corrected chi connectivity index (χ3v) is 2.76. The molecule has 0 bridgehead atoms. The van der Waals surface area contributed by atoms with E-state index in [-0.39, 0.29) is 0 Å². The van der Waals surface area contributed by atoms with Crippen LogP contribution in [0.25, 0.3) is 0 Å². The van der Waals surface area contributed by atoms with Crippen LogP contribution in [0.2, 0.25) is 0 Å². The molecule has 1 atom stereocenters. The SMILES string of the molecule is CC(C)COC(C)CNC1CCCC1. The van der Waals surface area contributed by atoms with Gasteiger partial charge in [0.05, 0.1) is 6.10 Å². The van der Waals surface area contributed by atoms with Crippen LogP contribution in [0, 0.1) is 5.92 Å². The molecule has 1 rings (SSSR count). The van der Waals surface area contributed by atoms with Gasteiger partial charge in [-0.2, -0.15) is 0 Å². The van der Waals surface area contributed by atoms with Gasteiger partial charge in [0.2, 0.25) is 0 Å². The fourth-order valence-electron chi connectivity index (χ4n) is 1.88. The van der Waals surface area contributed by atoms with Gasteiger partial charge >= 0.3 is 0 Å². The molecule has 0 aromatic rings. The van der Waals surface area contributed by atoms with E-state index >= 15 is 0 Å². The van der Waals surface area contributed by atoms with Crippen molar-refractivity contribution in [3.8, 4) is 0 Å². The first-order valence-electron chi connectivity index (χ1n) is 6.03. The molecule has 0 amide bonds. The summed E-state index contributed by atoms with van der Waals surface area (Å²) in [5.41, 5.74) is 0. The van der Waals surface area contributed by atoms with Crippen molar-refractivity contribution in [1.82, 2.24) is 5.32 Å². The molecule has 1 unspecified atom stereocenters. The Hall–Kier alpha value is -0.0800. The van der Waals surface area contributed by atoms with Gasteiger partial charge in [-0.05, 0) is 25.7 Å². The monoisotopic (exact) mass is 199 g/mol. The number of rotatable bonds is 6. The Morgan fingerprint density at radius 2 is 1.86 bits per heavy atom. The molecule has 0 spiro atoms. The predicted octanol–water partition coefficient (Wildman–Crippen LogP) is 2.58. The summed E-state index contributed by atoms with van der Waals surface area (Å²) in [6.07, 6.45) is 5.88. The smallest absolute Gasteiger partial charge is 0.0671 e. The van der Waals surface area contributed by atoms with E-state index in [1.807, 2.05) is 0 Å². The van der Waals surface area contributed by atoms with Crippen LogP contribution in [-0.4, -0.2) is 25.3 Å². The second-order valence-electron chi connectivity index (χ2n) is 4.93. The van der Waals surface area contributed by atoms with Crippen LogP contribution < -0.4 is 5.32 Å². The highest BCUT2D eigenvalue weighted by Gasteiger charge is 2.15. The second kappa shape index (κ2) is 6.41. The minimum atomic E-state index is 0.359. The van der Waals surface area contributed by atoms with Crippen LogP contribution >= 0.6 is 0 Å². The second-order valence-corrected chi connectivity index (χ2v) is 4.93. The fraction of sp³-hybridized carbons (Fsp3) is 1.00. The Morgan fingerprint density at radius 1 is 1.21 bits per heavy atom. The van der Waals surface area contributed by atoms with E-state index in [1.54, 1.807) is 0 Å². The number of ether oxygens (including phenoxy) is 1. The van der Waals surface area contributed by atoms with E-state index < -0.39 is 0 Å². The standard InChI is InChI=1S/C12H25NO/c1-10(2)9-14-11(3)8-13-12-6-4-5-7-12/h10-13H,4-9H2,1-3H3. The van der Waals surface area contributed by atoms with Crippen molar-refractivity contribution in [3.05, 3.63) is 0 Å². The van der Waals surface area contributed by atoms with E-state index in [0.29, 0.717) is 12.0 Å². The van der Waals surface area contributed by atoms with Crippen LogP contribution in [0.1, 0.15) is 46.5 Å². The van der Waals surface area contributed by atoms with Crippen molar-refractivity contribution >= 4 is 0 Å². The molecule has 1 saturated carbocycles. The molecule has 1 aliphatic carbocycles.